The van der Waals surface area contributed by atoms with E-state index in [0.29, 0.717) is 36.8 Å². The highest BCUT2D eigenvalue weighted by molar-refractivity contribution is 5.97. The van der Waals surface area contributed by atoms with Crippen molar-refractivity contribution in [2.75, 3.05) is 37.4 Å². The third kappa shape index (κ3) is 3.63. The predicted octanol–water partition coefficient (Wildman–Crippen LogP) is 3.26. The maximum Gasteiger partial charge on any atom is 0.318 e. The average Bonchev–Trinajstić information content (AvgIpc) is 3.17. The summed E-state index contributed by atoms with van der Waals surface area (Å²) in [4.78, 5) is 13.7. The molecule has 5 rings (SSSR count). The average molecular weight is 420 g/mol. The summed E-state index contributed by atoms with van der Waals surface area (Å²) < 4.78 is 5.96. The first-order valence-corrected chi connectivity index (χ1v) is 11.0. The highest BCUT2D eigenvalue weighted by Gasteiger charge is 2.26. The van der Waals surface area contributed by atoms with Crippen LogP contribution in [0, 0.1) is 6.92 Å². The Bertz CT molecular complexity index is 1130. The molecule has 2 aromatic carbocycles. The molecule has 31 heavy (non-hydrogen) atoms. The fourth-order valence-electron chi connectivity index (χ4n) is 4.88. The Morgan fingerprint density at radius 3 is 2.87 bits per heavy atom. The van der Waals surface area contributed by atoms with Crippen molar-refractivity contribution in [1.82, 2.24) is 14.9 Å². The molecule has 0 unspecified atom stereocenters. The van der Waals surface area contributed by atoms with E-state index < -0.39 is 0 Å². The van der Waals surface area contributed by atoms with Crippen LogP contribution in [-0.4, -0.2) is 52.8 Å². The second-order valence-electron chi connectivity index (χ2n) is 8.67. The van der Waals surface area contributed by atoms with Crippen molar-refractivity contribution in [3.05, 3.63) is 47.2 Å². The van der Waals surface area contributed by atoms with Crippen molar-refractivity contribution in [3.8, 4) is 11.8 Å². The second kappa shape index (κ2) is 7.89. The molecule has 2 aliphatic rings. The highest BCUT2D eigenvalue weighted by Crippen LogP contribution is 2.38. The van der Waals surface area contributed by atoms with Crippen molar-refractivity contribution < 1.29 is 9.84 Å². The molecule has 3 heterocycles. The van der Waals surface area contributed by atoms with E-state index in [9.17, 15) is 5.11 Å². The topological polar surface area (TPSA) is 87.7 Å². The molecule has 0 saturated carbocycles. The Hall–Kier alpha value is -3.06. The summed E-state index contributed by atoms with van der Waals surface area (Å²) >= 11 is 0. The number of aromatic hydroxyl groups is 1. The van der Waals surface area contributed by atoms with Crippen LogP contribution < -0.4 is 15.4 Å². The van der Waals surface area contributed by atoms with Gasteiger partial charge in [-0.1, -0.05) is 24.3 Å². The zero-order chi connectivity index (χ0) is 21.5. The lowest BCUT2D eigenvalue weighted by Crippen LogP contribution is -2.33. The molecule has 0 bridgehead atoms. The number of nitrogens with zero attached hydrogens (tertiary/aromatic N) is 4. The second-order valence-corrected chi connectivity index (χ2v) is 8.67. The normalized spacial score (nSPS) is 19.0. The van der Waals surface area contributed by atoms with E-state index in [2.05, 4.69) is 27.9 Å². The van der Waals surface area contributed by atoms with Gasteiger partial charge >= 0.3 is 6.01 Å². The number of likely N-dealkylation sites (tertiary alicyclic amines) is 1. The summed E-state index contributed by atoms with van der Waals surface area (Å²) in [6, 6.07) is 10.8. The van der Waals surface area contributed by atoms with Gasteiger partial charge in [0.2, 0.25) is 0 Å². The zero-order valence-corrected chi connectivity index (χ0v) is 18.1. The molecule has 2 aliphatic heterocycles. The molecule has 3 aromatic rings. The number of benzene rings is 2. The van der Waals surface area contributed by atoms with E-state index in [4.69, 9.17) is 15.5 Å². The molecule has 1 aromatic heterocycles. The van der Waals surface area contributed by atoms with Crippen LogP contribution in [-0.2, 0) is 13.0 Å². The van der Waals surface area contributed by atoms with Gasteiger partial charge in [-0.25, -0.2) is 0 Å². The van der Waals surface area contributed by atoms with Gasteiger partial charge in [0, 0.05) is 29.1 Å². The van der Waals surface area contributed by atoms with E-state index >= 15 is 0 Å². The number of hydrogen-bond donors (Lipinski definition) is 2. The Labute approximate surface area is 182 Å². The minimum atomic E-state index is 0.311. The third-order valence-electron chi connectivity index (χ3n) is 6.72. The SMILES string of the molecule is Cc1c(O)cc2ccccc2c1N1CCc2c(N)nc(OC[C@@H]3CCCN3C)nc2C1. The maximum atomic E-state index is 10.5. The lowest BCUT2D eigenvalue weighted by atomic mass is 9.99. The van der Waals surface area contributed by atoms with Gasteiger partial charge < -0.3 is 25.4 Å². The number of hydrogen-bond acceptors (Lipinski definition) is 7. The summed E-state index contributed by atoms with van der Waals surface area (Å²) in [6.45, 7) is 5.05. The zero-order valence-electron chi connectivity index (χ0n) is 18.1. The van der Waals surface area contributed by atoms with E-state index in [1.54, 1.807) is 0 Å². The molecule has 0 radical (unpaired) electrons. The summed E-state index contributed by atoms with van der Waals surface area (Å²) in [6.07, 6.45) is 3.09. The largest absolute Gasteiger partial charge is 0.508 e. The first kappa shape index (κ1) is 19.9. The van der Waals surface area contributed by atoms with Crippen LogP contribution in [0.3, 0.4) is 0 Å². The highest BCUT2D eigenvalue weighted by atomic mass is 16.5. The van der Waals surface area contributed by atoms with Gasteiger partial charge in [0.05, 0.1) is 17.9 Å². The van der Waals surface area contributed by atoms with Gasteiger partial charge in [0.25, 0.3) is 0 Å². The van der Waals surface area contributed by atoms with E-state index in [0.717, 1.165) is 59.2 Å². The minimum Gasteiger partial charge on any atom is -0.508 e. The smallest absolute Gasteiger partial charge is 0.318 e. The van der Waals surface area contributed by atoms with E-state index in [-0.39, 0.29) is 0 Å². The Kier molecular flexibility index (Phi) is 5.06. The van der Waals surface area contributed by atoms with Crippen molar-refractivity contribution in [2.24, 2.45) is 0 Å². The molecule has 0 aliphatic carbocycles. The minimum absolute atomic E-state index is 0.311. The first-order valence-electron chi connectivity index (χ1n) is 11.0. The Morgan fingerprint density at radius 2 is 2.06 bits per heavy atom. The third-order valence-corrected chi connectivity index (χ3v) is 6.72. The van der Waals surface area contributed by atoms with E-state index in [1.807, 2.05) is 31.2 Å². The van der Waals surface area contributed by atoms with Gasteiger partial charge in [0.1, 0.15) is 18.2 Å². The van der Waals surface area contributed by atoms with E-state index in [1.165, 1.54) is 6.42 Å². The number of nitrogen functional groups attached to an aromatic ring is 1. The quantitative estimate of drug-likeness (QED) is 0.671. The van der Waals surface area contributed by atoms with Crippen LogP contribution in [0.2, 0.25) is 0 Å². The van der Waals surface area contributed by atoms with Gasteiger partial charge in [-0.05, 0) is 51.2 Å². The predicted molar refractivity (Wildman–Crippen MR) is 123 cm³/mol. The monoisotopic (exact) mass is 419 g/mol. The molecule has 1 saturated heterocycles. The molecular weight excluding hydrogens is 390 g/mol. The molecule has 3 N–H and O–H groups in total. The number of rotatable bonds is 4. The number of fused-ring (bicyclic) bond motifs is 2. The van der Waals surface area contributed by atoms with Crippen LogP contribution in [0.1, 0.15) is 29.7 Å². The Balaban J connectivity index is 1.44. The standard InChI is InChI=1S/C24H29N5O2/c1-15-21(30)12-16-6-3-4-8-18(16)22(15)29-11-9-19-20(13-29)26-24(27-23(19)25)31-14-17-7-5-10-28(17)2/h3-4,6,8,12,17,30H,5,7,9-11,13-14H2,1-2H3,(H2,25,26,27)/t17-/m0/s1. The summed E-state index contributed by atoms with van der Waals surface area (Å²) in [7, 11) is 2.13. The lowest BCUT2D eigenvalue weighted by Gasteiger charge is -2.33. The molecule has 7 nitrogen and oxygen atoms in total. The fourth-order valence-corrected chi connectivity index (χ4v) is 4.88. The van der Waals surface area contributed by atoms with Crippen molar-refractivity contribution in [3.63, 3.8) is 0 Å². The first-order chi connectivity index (χ1) is 15.0. The number of likely N-dealkylation sites (N-methyl/N-ethyl adjacent to an activating group) is 1. The number of ether oxygens (including phenoxy) is 1. The molecule has 1 atom stereocenters. The molecule has 0 amide bonds. The Morgan fingerprint density at radius 1 is 1.23 bits per heavy atom. The molecule has 1 fully saturated rings. The summed E-state index contributed by atoms with van der Waals surface area (Å²) in [5, 5.41) is 12.7. The van der Waals surface area contributed by atoms with Crippen LogP contribution >= 0.6 is 0 Å². The van der Waals surface area contributed by atoms with Gasteiger partial charge in [-0.2, -0.15) is 9.97 Å². The van der Waals surface area contributed by atoms with Gasteiger partial charge in [0.15, 0.2) is 0 Å². The summed E-state index contributed by atoms with van der Waals surface area (Å²) in [5.74, 6) is 0.823. The van der Waals surface area contributed by atoms with Crippen LogP contribution in [0.15, 0.2) is 30.3 Å². The fraction of sp³-hybridized carbons (Fsp3) is 0.417. The number of aromatic nitrogens is 2. The number of nitrogens with two attached hydrogens (primary N) is 1. The summed E-state index contributed by atoms with van der Waals surface area (Å²) in [5.41, 5.74) is 10.1. The molecule has 7 heteroatoms. The number of phenols is 1. The van der Waals surface area contributed by atoms with Crippen molar-refractivity contribution in [2.45, 2.75) is 38.8 Å². The number of anilines is 2. The molecular formula is C24H29N5O2. The van der Waals surface area contributed by atoms with Crippen LogP contribution in [0.25, 0.3) is 10.8 Å². The lowest BCUT2D eigenvalue weighted by molar-refractivity contribution is 0.187. The maximum absolute atomic E-state index is 10.5. The molecule has 0 spiro atoms. The number of phenolic OH excluding ortho intramolecular Hbond substituents is 1. The van der Waals surface area contributed by atoms with Gasteiger partial charge in [-0.15, -0.1) is 0 Å². The molecule has 162 valence electrons. The van der Waals surface area contributed by atoms with Gasteiger partial charge in [-0.3, -0.25) is 0 Å². The van der Waals surface area contributed by atoms with Crippen LogP contribution in [0.4, 0.5) is 11.5 Å². The van der Waals surface area contributed by atoms with Crippen LogP contribution in [0.5, 0.6) is 11.8 Å². The van der Waals surface area contributed by atoms with Crippen molar-refractivity contribution >= 4 is 22.3 Å². The van der Waals surface area contributed by atoms with Crippen molar-refractivity contribution in [1.29, 1.82) is 0 Å².